The molecule has 2 rings (SSSR count). The number of aryl methyl sites for hydroxylation is 1. The third kappa shape index (κ3) is 5.93. The van der Waals surface area contributed by atoms with E-state index in [1.54, 1.807) is 7.11 Å². The van der Waals surface area contributed by atoms with Crippen LogP contribution in [0.3, 0.4) is 0 Å². The molecule has 1 atom stereocenters. The number of para-hydroxylation sites is 1. The molecule has 0 amide bonds. The Morgan fingerprint density at radius 2 is 1.96 bits per heavy atom. The molecule has 0 radical (unpaired) electrons. The lowest BCUT2D eigenvalue weighted by atomic mass is 10.1. The Balaban J connectivity index is 1.66. The van der Waals surface area contributed by atoms with E-state index in [9.17, 15) is 5.11 Å². The van der Waals surface area contributed by atoms with Crippen LogP contribution in [0, 0.1) is 6.92 Å². The highest BCUT2D eigenvalue weighted by Crippen LogP contribution is 2.17. The molecule has 4 heteroatoms. The molecule has 0 aliphatic carbocycles. The molecule has 0 saturated heterocycles. The van der Waals surface area contributed by atoms with Gasteiger partial charge in [-0.25, -0.2) is 0 Å². The summed E-state index contributed by atoms with van der Waals surface area (Å²) in [5, 5.41) is 13.2. The van der Waals surface area contributed by atoms with E-state index >= 15 is 0 Å². The molecule has 23 heavy (non-hydrogen) atoms. The van der Waals surface area contributed by atoms with Gasteiger partial charge in [0.2, 0.25) is 0 Å². The van der Waals surface area contributed by atoms with Crippen molar-refractivity contribution in [2.75, 3.05) is 26.8 Å². The van der Waals surface area contributed by atoms with Crippen LogP contribution in [0.1, 0.15) is 11.1 Å². The van der Waals surface area contributed by atoms with Gasteiger partial charge < -0.3 is 19.9 Å². The van der Waals surface area contributed by atoms with Crippen molar-refractivity contribution in [1.29, 1.82) is 0 Å². The molecule has 0 fully saturated rings. The minimum atomic E-state index is -0.534. The van der Waals surface area contributed by atoms with Gasteiger partial charge in [-0.2, -0.15) is 0 Å². The summed E-state index contributed by atoms with van der Waals surface area (Å²) < 4.78 is 10.9. The predicted molar refractivity (Wildman–Crippen MR) is 92.2 cm³/mol. The topological polar surface area (TPSA) is 50.7 Å². The van der Waals surface area contributed by atoms with E-state index in [-0.39, 0.29) is 6.61 Å². The van der Waals surface area contributed by atoms with Gasteiger partial charge in [0, 0.05) is 6.54 Å². The van der Waals surface area contributed by atoms with Gasteiger partial charge in [-0.3, -0.25) is 0 Å². The maximum Gasteiger partial charge on any atom is 0.122 e. The minimum Gasteiger partial charge on any atom is -0.496 e. The number of aliphatic hydroxyl groups excluding tert-OH is 1. The number of aliphatic hydroxyl groups is 1. The average molecular weight is 315 g/mol. The van der Waals surface area contributed by atoms with Gasteiger partial charge in [0.05, 0.1) is 7.11 Å². The summed E-state index contributed by atoms with van der Waals surface area (Å²) >= 11 is 0. The zero-order valence-corrected chi connectivity index (χ0v) is 13.8. The fourth-order valence-corrected chi connectivity index (χ4v) is 2.36. The van der Waals surface area contributed by atoms with Crippen LogP contribution in [-0.2, 0) is 6.42 Å². The summed E-state index contributed by atoms with van der Waals surface area (Å²) in [5.74, 6) is 1.69. The van der Waals surface area contributed by atoms with Crippen LogP contribution in [0.5, 0.6) is 11.5 Å². The number of hydrogen-bond donors (Lipinski definition) is 2. The molecule has 2 N–H and O–H groups in total. The highest BCUT2D eigenvalue weighted by molar-refractivity contribution is 5.33. The van der Waals surface area contributed by atoms with E-state index in [0.717, 1.165) is 35.6 Å². The normalized spacial score (nSPS) is 12.0. The first kappa shape index (κ1) is 17.3. The predicted octanol–water partition coefficient (Wildman–Crippen LogP) is 2.58. The maximum atomic E-state index is 9.97. The van der Waals surface area contributed by atoms with Crippen molar-refractivity contribution in [2.45, 2.75) is 19.4 Å². The first-order valence-electron chi connectivity index (χ1n) is 7.89. The molecular weight excluding hydrogens is 290 g/mol. The monoisotopic (exact) mass is 315 g/mol. The van der Waals surface area contributed by atoms with Crippen LogP contribution in [0.25, 0.3) is 0 Å². The molecule has 0 spiro atoms. The van der Waals surface area contributed by atoms with Crippen LogP contribution in [0.15, 0.2) is 48.5 Å². The molecule has 4 nitrogen and oxygen atoms in total. The van der Waals surface area contributed by atoms with Crippen molar-refractivity contribution in [3.63, 3.8) is 0 Å². The fourth-order valence-electron chi connectivity index (χ4n) is 2.36. The van der Waals surface area contributed by atoms with Crippen LogP contribution < -0.4 is 14.8 Å². The van der Waals surface area contributed by atoms with E-state index in [0.29, 0.717) is 6.54 Å². The van der Waals surface area contributed by atoms with Crippen molar-refractivity contribution in [3.05, 3.63) is 59.7 Å². The van der Waals surface area contributed by atoms with E-state index in [1.165, 1.54) is 0 Å². The summed E-state index contributed by atoms with van der Waals surface area (Å²) in [6.07, 6.45) is 0.323. The van der Waals surface area contributed by atoms with Crippen LogP contribution in [0.2, 0.25) is 0 Å². The molecule has 0 aliphatic heterocycles. The number of ether oxygens (including phenoxy) is 2. The standard InChI is InChI=1S/C19H25NO3/c1-15-6-5-8-18(12-15)23-14-17(21)13-20-11-10-16-7-3-4-9-19(16)22-2/h3-9,12,17,20-21H,10-11,13-14H2,1-2H3/t17-/m1/s1. The quantitative estimate of drug-likeness (QED) is 0.698. The Morgan fingerprint density at radius 1 is 1.13 bits per heavy atom. The second kappa shape index (κ2) is 9.18. The molecule has 0 aromatic heterocycles. The highest BCUT2D eigenvalue weighted by Gasteiger charge is 2.06. The fraction of sp³-hybridized carbons (Fsp3) is 0.368. The van der Waals surface area contributed by atoms with Gasteiger partial charge in [0.15, 0.2) is 0 Å². The zero-order valence-electron chi connectivity index (χ0n) is 13.8. The summed E-state index contributed by atoms with van der Waals surface area (Å²) in [4.78, 5) is 0. The Labute approximate surface area is 138 Å². The third-order valence-corrected chi connectivity index (χ3v) is 3.58. The van der Waals surface area contributed by atoms with Gasteiger partial charge in [0.1, 0.15) is 24.2 Å². The molecule has 0 aliphatic rings. The van der Waals surface area contributed by atoms with Gasteiger partial charge >= 0.3 is 0 Å². The molecule has 2 aromatic rings. The van der Waals surface area contributed by atoms with Crippen LogP contribution in [-0.4, -0.2) is 38.0 Å². The van der Waals surface area contributed by atoms with E-state index in [1.807, 2.05) is 49.4 Å². The maximum absolute atomic E-state index is 9.97. The SMILES string of the molecule is COc1ccccc1CCNC[C@@H](O)COc1cccc(C)c1. The first-order valence-corrected chi connectivity index (χ1v) is 7.89. The number of benzene rings is 2. The molecule has 0 bridgehead atoms. The second-order valence-corrected chi connectivity index (χ2v) is 5.55. The van der Waals surface area contributed by atoms with Gasteiger partial charge in [-0.1, -0.05) is 30.3 Å². The van der Waals surface area contributed by atoms with Crippen molar-refractivity contribution in [3.8, 4) is 11.5 Å². The molecule has 0 heterocycles. The lowest BCUT2D eigenvalue weighted by Crippen LogP contribution is -2.32. The van der Waals surface area contributed by atoms with Gasteiger partial charge in [-0.15, -0.1) is 0 Å². The number of methoxy groups -OCH3 is 1. The van der Waals surface area contributed by atoms with Crippen molar-refractivity contribution >= 4 is 0 Å². The van der Waals surface area contributed by atoms with Crippen molar-refractivity contribution in [2.24, 2.45) is 0 Å². The zero-order chi connectivity index (χ0) is 16.5. The van der Waals surface area contributed by atoms with Crippen LogP contribution in [0.4, 0.5) is 0 Å². The summed E-state index contributed by atoms with van der Waals surface area (Å²) in [5.41, 5.74) is 2.31. The molecule has 0 unspecified atom stereocenters. The lowest BCUT2D eigenvalue weighted by Gasteiger charge is -2.14. The third-order valence-electron chi connectivity index (χ3n) is 3.58. The molecular formula is C19H25NO3. The number of rotatable bonds is 9. The van der Waals surface area contributed by atoms with Crippen LogP contribution >= 0.6 is 0 Å². The summed E-state index contributed by atoms with van der Waals surface area (Å²) in [6.45, 7) is 3.58. The Kier molecular flexibility index (Phi) is 6.91. The number of nitrogens with one attached hydrogen (secondary N) is 1. The van der Waals surface area contributed by atoms with E-state index in [4.69, 9.17) is 9.47 Å². The smallest absolute Gasteiger partial charge is 0.122 e. The van der Waals surface area contributed by atoms with Crippen molar-refractivity contribution in [1.82, 2.24) is 5.32 Å². The minimum absolute atomic E-state index is 0.283. The van der Waals surface area contributed by atoms with Gasteiger partial charge in [0.25, 0.3) is 0 Å². The number of hydrogen-bond acceptors (Lipinski definition) is 4. The highest BCUT2D eigenvalue weighted by atomic mass is 16.5. The Morgan fingerprint density at radius 3 is 2.74 bits per heavy atom. The van der Waals surface area contributed by atoms with Gasteiger partial charge in [-0.05, 0) is 49.2 Å². The molecule has 0 saturated carbocycles. The summed E-state index contributed by atoms with van der Waals surface area (Å²) in [6, 6.07) is 15.8. The average Bonchev–Trinajstić information content (AvgIpc) is 2.57. The molecule has 2 aromatic carbocycles. The summed E-state index contributed by atoms with van der Waals surface area (Å²) in [7, 11) is 1.68. The Bertz CT molecular complexity index is 601. The van der Waals surface area contributed by atoms with E-state index in [2.05, 4.69) is 11.4 Å². The second-order valence-electron chi connectivity index (χ2n) is 5.55. The van der Waals surface area contributed by atoms with Crippen molar-refractivity contribution < 1.29 is 14.6 Å². The van der Waals surface area contributed by atoms with E-state index < -0.39 is 6.10 Å². The molecule has 124 valence electrons. The Hall–Kier alpha value is -2.04. The lowest BCUT2D eigenvalue weighted by molar-refractivity contribution is 0.106. The first-order chi connectivity index (χ1) is 11.2. The largest absolute Gasteiger partial charge is 0.496 e.